The molecule has 4 heteroatoms. The van der Waals surface area contributed by atoms with E-state index in [1.807, 2.05) is 6.92 Å². The van der Waals surface area contributed by atoms with Gasteiger partial charge in [-0.15, -0.1) is 0 Å². The van der Waals surface area contributed by atoms with Crippen LogP contribution < -0.4 is 9.47 Å². The third-order valence-electron chi connectivity index (χ3n) is 3.32. The average Bonchev–Trinajstić information content (AvgIpc) is 3.02. The topological polar surface area (TPSA) is 38.7 Å². The van der Waals surface area contributed by atoms with Crippen LogP contribution in [0, 0.1) is 6.92 Å². The Hall–Kier alpha value is -0.930. The van der Waals surface area contributed by atoms with Gasteiger partial charge in [-0.1, -0.05) is 11.6 Å². The third-order valence-corrected chi connectivity index (χ3v) is 3.72. The summed E-state index contributed by atoms with van der Waals surface area (Å²) in [5.41, 5.74) is 1.31. The molecule has 1 saturated carbocycles. The van der Waals surface area contributed by atoms with Gasteiger partial charge in [0.15, 0.2) is 11.5 Å². The first kappa shape index (κ1) is 12.5. The molecule has 0 aromatic heterocycles. The van der Waals surface area contributed by atoms with Gasteiger partial charge < -0.3 is 14.6 Å². The fourth-order valence-electron chi connectivity index (χ4n) is 1.99. The maximum atomic E-state index is 10.0. The van der Waals surface area contributed by atoms with E-state index in [2.05, 4.69) is 0 Å². The largest absolute Gasteiger partial charge is 0.493 e. The molecule has 3 nitrogen and oxygen atoms in total. The van der Waals surface area contributed by atoms with Crippen LogP contribution in [0.15, 0.2) is 6.07 Å². The quantitative estimate of drug-likeness (QED) is 0.900. The first-order chi connectivity index (χ1) is 8.00. The van der Waals surface area contributed by atoms with Crippen LogP contribution in [0.5, 0.6) is 11.5 Å². The molecule has 17 heavy (non-hydrogen) atoms. The monoisotopic (exact) mass is 256 g/mol. The fourth-order valence-corrected chi connectivity index (χ4v) is 2.20. The first-order valence-electron chi connectivity index (χ1n) is 5.63. The van der Waals surface area contributed by atoms with Gasteiger partial charge in [0, 0.05) is 23.1 Å². The molecular weight excluding hydrogens is 240 g/mol. The van der Waals surface area contributed by atoms with E-state index in [0.717, 1.165) is 24.0 Å². The van der Waals surface area contributed by atoms with E-state index < -0.39 is 5.60 Å². The number of rotatable bonds is 4. The number of ether oxygens (including phenoxy) is 2. The Bertz CT molecular complexity index is 439. The zero-order valence-electron chi connectivity index (χ0n) is 10.3. The highest BCUT2D eigenvalue weighted by molar-refractivity contribution is 6.31. The van der Waals surface area contributed by atoms with Gasteiger partial charge in [-0.05, 0) is 25.3 Å². The van der Waals surface area contributed by atoms with Gasteiger partial charge in [-0.2, -0.15) is 0 Å². The number of methoxy groups -OCH3 is 2. The number of hydrogen-bond acceptors (Lipinski definition) is 3. The van der Waals surface area contributed by atoms with Gasteiger partial charge in [-0.25, -0.2) is 0 Å². The molecule has 0 bridgehead atoms. The molecule has 0 radical (unpaired) electrons. The van der Waals surface area contributed by atoms with Gasteiger partial charge in [0.05, 0.1) is 19.8 Å². The molecular formula is C13H17ClO3. The standard InChI is InChI=1S/C13H17ClO3/c1-8-9(7-13(15)4-5-13)12(17-3)11(16-2)6-10(8)14/h6,15H,4-5,7H2,1-3H3. The highest BCUT2D eigenvalue weighted by Gasteiger charge is 2.41. The van der Waals surface area contributed by atoms with Crippen LogP contribution >= 0.6 is 11.6 Å². The van der Waals surface area contributed by atoms with Crippen LogP contribution in [0.2, 0.25) is 5.02 Å². The lowest BCUT2D eigenvalue weighted by atomic mass is 9.99. The molecule has 94 valence electrons. The van der Waals surface area contributed by atoms with E-state index >= 15 is 0 Å². The average molecular weight is 257 g/mol. The summed E-state index contributed by atoms with van der Waals surface area (Å²) in [4.78, 5) is 0. The smallest absolute Gasteiger partial charge is 0.164 e. The third kappa shape index (κ3) is 2.35. The lowest BCUT2D eigenvalue weighted by molar-refractivity contribution is 0.149. The Morgan fingerprint density at radius 3 is 2.47 bits per heavy atom. The second-order valence-electron chi connectivity index (χ2n) is 4.60. The van der Waals surface area contributed by atoms with Crippen molar-refractivity contribution in [1.82, 2.24) is 0 Å². The molecule has 0 aliphatic heterocycles. The van der Waals surface area contributed by atoms with Gasteiger partial charge in [0.25, 0.3) is 0 Å². The minimum atomic E-state index is -0.576. The van der Waals surface area contributed by atoms with Gasteiger partial charge in [-0.3, -0.25) is 0 Å². The molecule has 0 amide bonds. The first-order valence-corrected chi connectivity index (χ1v) is 6.01. The van der Waals surface area contributed by atoms with Crippen molar-refractivity contribution in [3.8, 4) is 11.5 Å². The Balaban J connectivity index is 2.48. The van der Waals surface area contributed by atoms with Crippen molar-refractivity contribution in [2.24, 2.45) is 0 Å². The molecule has 0 atom stereocenters. The fraction of sp³-hybridized carbons (Fsp3) is 0.538. The lowest BCUT2D eigenvalue weighted by Crippen LogP contribution is -2.13. The zero-order valence-corrected chi connectivity index (χ0v) is 11.1. The molecule has 1 aromatic carbocycles. The van der Waals surface area contributed by atoms with Crippen molar-refractivity contribution in [1.29, 1.82) is 0 Å². The molecule has 1 fully saturated rings. The molecule has 0 spiro atoms. The second-order valence-corrected chi connectivity index (χ2v) is 5.01. The van der Waals surface area contributed by atoms with Crippen molar-refractivity contribution in [2.45, 2.75) is 31.8 Å². The number of aliphatic hydroxyl groups is 1. The van der Waals surface area contributed by atoms with E-state index in [-0.39, 0.29) is 0 Å². The SMILES string of the molecule is COc1cc(Cl)c(C)c(CC2(O)CC2)c1OC. The molecule has 0 saturated heterocycles. The second kappa shape index (κ2) is 4.39. The molecule has 1 aliphatic rings. The summed E-state index contributed by atoms with van der Waals surface area (Å²) in [5.74, 6) is 1.29. The summed E-state index contributed by atoms with van der Waals surface area (Å²) in [5, 5.41) is 10.7. The predicted octanol–water partition coefficient (Wildman–Crippen LogP) is 2.73. The Kier molecular flexibility index (Phi) is 3.23. The van der Waals surface area contributed by atoms with E-state index in [1.165, 1.54) is 0 Å². The predicted molar refractivity (Wildman–Crippen MR) is 67.2 cm³/mol. The van der Waals surface area contributed by atoms with E-state index in [0.29, 0.717) is 22.9 Å². The van der Waals surface area contributed by atoms with Crippen LogP contribution in [0.1, 0.15) is 24.0 Å². The van der Waals surface area contributed by atoms with Crippen LogP contribution in [0.3, 0.4) is 0 Å². The van der Waals surface area contributed by atoms with Crippen LogP contribution in [-0.2, 0) is 6.42 Å². The molecule has 0 heterocycles. The van der Waals surface area contributed by atoms with Crippen LogP contribution in [-0.4, -0.2) is 24.9 Å². The summed E-state index contributed by atoms with van der Waals surface area (Å²) < 4.78 is 10.6. The minimum absolute atomic E-state index is 0.568. The van der Waals surface area contributed by atoms with E-state index in [4.69, 9.17) is 21.1 Å². The maximum Gasteiger partial charge on any atom is 0.164 e. The molecule has 1 aromatic rings. The molecule has 1 N–H and O–H groups in total. The van der Waals surface area contributed by atoms with E-state index in [9.17, 15) is 5.11 Å². The Morgan fingerprint density at radius 2 is 2.00 bits per heavy atom. The normalized spacial score (nSPS) is 16.8. The molecule has 0 unspecified atom stereocenters. The number of hydrogen-bond donors (Lipinski definition) is 1. The summed E-state index contributed by atoms with van der Waals surface area (Å²) in [6.07, 6.45) is 2.24. The summed E-state index contributed by atoms with van der Waals surface area (Å²) in [6, 6.07) is 1.75. The Morgan fingerprint density at radius 1 is 1.35 bits per heavy atom. The highest BCUT2D eigenvalue weighted by Crippen LogP contribution is 2.45. The summed E-state index contributed by atoms with van der Waals surface area (Å²) in [6.45, 7) is 1.94. The van der Waals surface area contributed by atoms with Crippen molar-refractivity contribution in [2.75, 3.05) is 14.2 Å². The molecule has 2 rings (SSSR count). The van der Waals surface area contributed by atoms with Gasteiger partial charge >= 0.3 is 0 Å². The highest BCUT2D eigenvalue weighted by atomic mass is 35.5. The van der Waals surface area contributed by atoms with Crippen molar-refractivity contribution in [3.05, 3.63) is 22.2 Å². The summed E-state index contributed by atoms with van der Waals surface area (Å²) >= 11 is 6.16. The van der Waals surface area contributed by atoms with Crippen molar-refractivity contribution in [3.63, 3.8) is 0 Å². The van der Waals surface area contributed by atoms with Crippen LogP contribution in [0.4, 0.5) is 0 Å². The summed E-state index contributed by atoms with van der Waals surface area (Å²) in [7, 11) is 3.19. The minimum Gasteiger partial charge on any atom is -0.493 e. The number of halogens is 1. The van der Waals surface area contributed by atoms with Crippen LogP contribution in [0.25, 0.3) is 0 Å². The Labute approximate surface area is 106 Å². The maximum absolute atomic E-state index is 10.0. The lowest BCUT2D eigenvalue weighted by Gasteiger charge is -2.18. The van der Waals surface area contributed by atoms with Crippen molar-refractivity contribution < 1.29 is 14.6 Å². The van der Waals surface area contributed by atoms with Gasteiger partial charge in [0.2, 0.25) is 0 Å². The van der Waals surface area contributed by atoms with E-state index in [1.54, 1.807) is 20.3 Å². The molecule has 1 aliphatic carbocycles. The zero-order chi connectivity index (χ0) is 12.6. The van der Waals surface area contributed by atoms with Crippen molar-refractivity contribution >= 4 is 11.6 Å². The number of benzene rings is 1. The van der Waals surface area contributed by atoms with Gasteiger partial charge in [0.1, 0.15) is 0 Å².